The quantitative estimate of drug-likeness (QED) is 0.718. The Morgan fingerprint density at radius 2 is 2.33 bits per heavy atom. The molecule has 0 aliphatic carbocycles. The predicted octanol–water partition coefficient (Wildman–Crippen LogP) is 0.862. The summed E-state index contributed by atoms with van der Waals surface area (Å²) in [5.74, 6) is 0.430. The number of fused-ring (bicyclic) bond motifs is 1. The molecule has 1 aromatic rings. The van der Waals surface area contributed by atoms with E-state index in [1.807, 2.05) is 0 Å². The molecule has 1 aromatic carbocycles. The summed E-state index contributed by atoms with van der Waals surface area (Å²) in [4.78, 5) is 11.6. The summed E-state index contributed by atoms with van der Waals surface area (Å²) in [6.07, 6.45) is -0.577. The first-order chi connectivity index (χ1) is 7.18. The molecule has 0 fully saturated rings. The van der Waals surface area contributed by atoms with E-state index in [0.29, 0.717) is 24.5 Å². The molecule has 0 radical (unpaired) electrons. The fourth-order valence-corrected chi connectivity index (χ4v) is 1.53. The highest BCUT2D eigenvalue weighted by atomic mass is 16.5. The van der Waals surface area contributed by atoms with Crippen molar-refractivity contribution < 1.29 is 14.6 Å². The second kappa shape index (κ2) is 3.90. The van der Waals surface area contributed by atoms with Crippen LogP contribution in [0.5, 0.6) is 5.75 Å². The topological polar surface area (TPSA) is 58.6 Å². The van der Waals surface area contributed by atoms with Gasteiger partial charge in [-0.3, -0.25) is 4.79 Å². The summed E-state index contributed by atoms with van der Waals surface area (Å²) in [6.45, 7) is 2.65. The number of benzene rings is 1. The van der Waals surface area contributed by atoms with Gasteiger partial charge < -0.3 is 15.2 Å². The van der Waals surface area contributed by atoms with Crippen LogP contribution in [0.15, 0.2) is 18.2 Å². The number of carbonyl (C=O) groups excluding carboxylic acids is 1. The van der Waals surface area contributed by atoms with Gasteiger partial charge in [0.1, 0.15) is 12.4 Å². The van der Waals surface area contributed by atoms with Gasteiger partial charge in [-0.2, -0.15) is 0 Å². The molecule has 80 valence electrons. The maximum Gasteiger partial charge on any atom is 0.255 e. The Labute approximate surface area is 87.9 Å². The normalized spacial score (nSPS) is 17.1. The van der Waals surface area contributed by atoms with Crippen LogP contribution in [0, 0.1) is 0 Å². The Bertz CT molecular complexity index is 387. The van der Waals surface area contributed by atoms with Gasteiger partial charge >= 0.3 is 0 Å². The molecule has 1 atom stereocenters. The van der Waals surface area contributed by atoms with Gasteiger partial charge in [0.25, 0.3) is 5.91 Å². The van der Waals surface area contributed by atoms with Gasteiger partial charge in [-0.05, 0) is 24.6 Å². The average molecular weight is 207 g/mol. The Hall–Kier alpha value is -1.55. The molecule has 1 aliphatic rings. The van der Waals surface area contributed by atoms with Crippen molar-refractivity contribution in [2.45, 2.75) is 13.0 Å². The van der Waals surface area contributed by atoms with E-state index in [9.17, 15) is 9.90 Å². The standard InChI is InChI=1S/C11H13NO3/c1-7(13)8-2-3-10-9(6-8)11(14)12-4-5-15-10/h2-3,6-7,13H,4-5H2,1H3,(H,12,14)/t7-/m1/s1. The van der Waals surface area contributed by atoms with Crippen molar-refractivity contribution in [2.75, 3.05) is 13.2 Å². The molecule has 1 aliphatic heterocycles. The van der Waals surface area contributed by atoms with Gasteiger partial charge in [-0.1, -0.05) is 6.07 Å². The zero-order valence-electron chi connectivity index (χ0n) is 8.49. The SMILES string of the molecule is C[C@@H](O)c1ccc2c(c1)C(=O)NCCO2. The maximum atomic E-state index is 11.6. The van der Waals surface area contributed by atoms with E-state index < -0.39 is 6.10 Å². The Morgan fingerprint density at radius 1 is 1.53 bits per heavy atom. The zero-order chi connectivity index (χ0) is 10.8. The molecule has 15 heavy (non-hydrogen) atoms. The third-order valence-electron chi connectivity index (χ3n) is 2.38. The Kier molecular flexibility index (Phi) is 2.60. The van der Waals surface area contributed by atoms with E-state index >= 15 is 0 Å². The molecule has 1 amide bonds. The van der Waals surface area contributed by atoms with Crippen LogP contribution in [0.1, 0.15) is 28.9 Å². The van der Waals surface area contributed by atoms with Crippen LogP contribution in [-0.2, 0) is 0 Å². The summed E-state index contributed by atoms with van der Waals surface area (Å²) in [6, 6.07) is 5.16. The largest absolute Gasteiger partial charge is 0.491 e. The number of ether oxygens (including phenoxy) is 1. The minimum atomic E-state index is -0.577. The van der Waals surface area contributed by atoms with Crippen molar-refractivity contribution in [2.24, 2.45) is 0 Å². The van der Waals surface area contributed by atoms with Crippen molar-refractivity contribution in [3.05, 3.63) is 29.3 Å². The van der Waals surface area contributed by atoms with Crippen molar-refractivity contribution >= 4 is 5.91 Å². The monoisotopic (exact) mass is 207 g/mol. The highest BCUT2D eigenvalue weighted by Crippen LogP contribution is 2.24. The Balaban J connectivity index is 2.44. The van der Waals surface area contributed by atoms with Crippen LogP contribution in [-0.4, -0.2) is 24.2 Å². The molecule has 4 nitrogen and oxygen atoms in total. The maximum absolute atomic E-state index is 11.6. The van der Waals surface area contributed by atoms with E-state index in [-0.39, 0.29) is 5.91 Å². The number of nitrogens with one attached hydrogen (secondary N) is 1. The van der Waals surface area contributed by atoms with Crippen LogP contribution in [0.2, 0.25) is 0 Å². The molecular weight excluding hydrogens is 194 g/mol. The number of hydrogen-bond acceptors (Lipinski definition) is 3. The number of aliphatic hydroxyl groups is 1. The molecule has 2 N–H and O–H groups in total. The van der Waals surface area contributed by atoms with Gasteiger partial charge in [-0.25, -0.2) is 0 Å². The van der Waals surface area contributed by atoms with Crippen LogP contribution in [0.4, 0.5) is 0 Å². The smallest absolute Gasteiger partial charge is 0.255 e. The molecular formula is C11H13NO3. The van der Waals surface area contributed by atoms with E-state index in [1.165, 1.54) is 0 Å². The summed E-state index contributed by atoms with van der Waals surface area (Å²) >= 11 is 0. The lowest BCUT2D eigenvalue weighted by Crippen LogP contribution is -2.24. The zero-order valence-corrected chi connectivity index (χ0v) is 8.49. The van der Waals surface area contributed by atoms with E-state index in [2.05, 4.69) is 5.32 Å². The fourth-order valence-electron chi connectivity index (χ4n) is 1.53. The molecule has 0 aromatic heterocycles. The fraction of sp³-hybridized carbons (Fsp3) is 0.364. The molecule has 2 rings (SSSR count). The van der Waals surface area contributed by atoms with E-state index in [0.717, 1.165) is 5.56 Å². The lowest BCUT2D eigenvalue weighted by atomic mass is 10.1. The summed E-state index contributed by atoms with van der Waals surface area (Å²) in [5.41, 5.74) is 1.21. The summed E-state index contributed by atoms with van der Waals surface area (Å²) < 4.78 is 5.39. The second-order valence-electron chi connectivity index (χ2n) is 3.54. The summed E-state index contributed by atoms with van der Waals surface area (Å²) in [5, 5.41) is 12.1. The number of amides is 1. The van der Waals surface area contributed by atoms with E-state index in [4.69, 9.17) is 4.74 Å². The highest BCUT2D eigenvalue weighted by molar-refractivity contribution is 5.97. The first-order valence-corrected chi connectivity index (χ1v) is 4.91. The van der Waals surface area contributed by atoms with Gasteiger partial charge in [-0.15, -0.1) is 0 Å². The first kappa shape index (κ1) is 9.98. The second-order valence-corrected chi connectivity index (χ2v) is 3.54. The third kappa shape index (κ3) is 1.94. The minimum absolute atomic E-state index is 0.148. The minimum Gasteiger partial charge on any atom is -0.491 e. The Morgan fingerprint density at radius 3 is 3.07 bits per heavy atom. The predicted molar refractivity (Wildman–Crippen MR) is 54.9 cm³/mol. The lowest BCUT2D eigenvalue weighted by Gasteiger charge is -2.09. The van der Waals surface area contributed by atoms with Gasteiger partial charge in [0, 0.05) is 0 Å². The molecule has 0 spiro atoms. The first-order valence-electron chi connectivity index (χ1n) is 4.91. The molecule has 0 saturated carbocycles. The number of rotatable bonds is 1. The van der Waals surface area contributed by atoms with Crippen molar-refractivity contribution in [3.63, 3.8) is 0 Å². The molecule has 0 saturated heterocycles. The van der Waals surface area contributed by atoms with Crippen molar-refractivity contribution in [1.82, 2.24) is 5.32 Å². The van der Waals surface area contributed by atoms with Crippen LogP contribution in [0.25, 0.3) is 0 Å². The average Bonchev–Trinajstić information content (AvgIpc) is 2.40. The van der Waals surface area contributed by atoms with Gasteiger partial charge in [0.2, 0.25) is 0 Å². The number of hydrogen-bond donors (Lipinski definition) is 2. The third-order valence-corrected chi connectivity index (χ3v) is 2.38. The van der Waals surface area contributed by atoms with E-state index in [1.54, 1.807) is 25.1 Å². The van der Waals surface area contributed by atoms with Crippen molar-refractivity contribution in [1.29, 1.82) is 0 Å². The number of aliphatic hydroxyl groups excluding tert-OH is 1. The molecule has 0 unspecified atom stereocenters. The van der Waals surface area contributed by atoms with Crippen LogP contribution < -0.4 is 10.1 Å². The number of carbonyl (C=O) groups is 1. The van der Waals surface area contributed by atoms with Crippen LogP contribution in [0.3, 0.4) is 0 Å². The highest BCUT2D eigenvalue weighted by Gasteiger charge is 2.17. The lowest BCUT2D eigenvalue weighted by molar-refractivity contribution is 0.0957. The van der Waals surface area contributed by atoms with Gasteiger partial charge in [0.05, 0.1) is 18.2 Å². The molecule has 4 heteroatoms. The van der Waals surface area contributed by atoms with Crippen LogP contribution >= 0.6 is 0 Å². The van der Waals surface area contributed by atoms with Crippen molar-refractivity contribution in [3.8, 4) is 5.75 Å². The molecule has 0 bridgehead atoms. The van der Waals surface area contributed by atoms with Gasteiger partial charge in [0.15, 0.2) is 0 Å². The molecule has 1 heterocycles. The summed E-state index contributed by atoms with van der Waals surface area (Å²) in [7, 11) is 0.